The predicted octanol–water partition coefficient (Wildman–Crippen LogP) is 1.59. The van der Waals surface area contributed by atoms with Crippen LogP contribution >= 0.6 is 0 Å². The number of rotatable bonds is 6. The highest BCUT2D eigenvalue weighted by atomic mass is 16.6. The number of ether oxygens (including phenoxy) is 3. The molecule has 2 aromatic rings. The Morgan fingerprint density at radius 1 is 1.13 bits per heavy atom. The Balaban J connectivity index is 1.34. The van der Waals surface area contributed by atoms with Gasteiger partial charge in [0.2, 0.25) is 0 Å². The van der Waals surface area contributed by atoms with E-state index in [9.17, 15) is 4.79 Å². The summed E-state index contributed by atoms with van der Waals surface area (Å²) in [6, 6.07) is 13.6. The maximum absolute atomic E-state index is 12.8. The number of anilines is 2. The monoisotopic (exact) mass is 412 g/mol. The van der Waals surface area contributed by atoms with Gasteiger partial charge in [0.05, 0.1) is 38.5 Å². The molecule has 7 nitrogen and oxygen atoms in total. The molecule has 2 aromatic carbocycles. The Hall–Kier alpha value is -2.93. The summed E-state index contributed by atoms with van der Waals surface area (Å²) in [5.74, 6) is 2.35. The number of fused-ring (bicyclic) bond motifs is 1. The van der Waals surface area contributed by atoms with Gasteiger partial charge in [0, 0.05) is 11.8 Å². The van der Waals surface area contributed by atoms with Crippen LogP contribution in [-0.2, 0) is 4.79 Å². The first-order valence-corrected chi connectivity index (χ1v) is 10.7. The van der Waals surface area contributed by atoms with Gasteiger partial charge in [0.1, 0.15) is 19.0 Å². The van der Waals surface area contributed by atoms with Crippen LogP contribution in [0, 0.1) is 0 Å². The zero-order chi connectivity index (χ0) is 20.9. The Morgan fingerprint density at radius 3 is 2.63 bits per heavy atom. The molecule has 0 saturated carbocycles. The zero-order valence-electron chi connectivity index (χ0n) is 17.6. The first kappa shape index (κ1) is 20.3. The summed E-state index contributed by atoms with van der Waals surface area (Å²) >= 11 is 0. The average molecular weight is 413 g/mol. The number of para-hydroxylation sites is 2. The van der Waals surface area contributed by atoms with E-state index in [2.05, 4.69) is 16.3 Å². The lowest BCUT2D eigenvalue weighted by Crippen LogP contribution is -3.19. The van der Waals surface area contributed by atoms with Crippen LogP contribution in [0.1, 0.15) is 13.8 Å². The molecule has 7 heteroatoms. The number of piperazine rings is 1. The molecule has 2 aliphatic rings. The molecule has 0 aromatic heterocycles. The molecule has 160 valence electrons. The molecule has 1 atom stereocenters. The minimum absolute atomic E-state index is 0.0184. The number of nitrogens with zero attached hydrogens (tertiary/aromatic N) is 1. The molecule has 0 unspecified atom stereocenters. The number of carbonyl (C=O) groups excluding carboxylic acids is 1. The molecule has 2 heterocycles. The van der Waals surface area contributed by atoms with Crippen molar-refractivity contribution in [1.82, 2.24) is 0 Å². The minimum atomic E-state index is -0.137. The van der Waals surface area contributed by atoms with Crippen LogP contribution in [0.4, 0.5) is 11.4 Å². The van der Waals surface area contributed by atoms with Gasteiger partial charge in [-0.3, -0.25) is 4.79 Å². The second-order valence-corrected chi connectivity index (χ2v) is 7.62. The smallest absolute Gasteiger partial charge is 0.282 e. The topological polar surface area (TPSA) is 64.5 Å². The predicted molar refractivity (Wildman–Crippen MR) is 116 cm³/mol. The lowest BCUT2D eigenvalue weighted by molar-refractivity contribution is -0.914. The van der Waals surface area contributed by atoms with E-state index in [-0.39, 0.29) is 11.9 Å². The van der Waals surface area contributed by atoms with Crippen molar-refractivity contribution >= 4 is 17.3 Å². The van der Waals surface area contributed by atoms with E-state index in [4.69, 9.17) is 14.2 Å². The van der Waals surface area contributed by atoms with Crippen LogP contribution < -0.4 is 29.3 Å². The highest BCUT2D eigenvalue weighted by molar-refractivity contribution is 5.94. The normalized spacial score (nSPS) is 17.3. The molecule has 4 rings (SSSR count). The SMILES string of the molecule is CCOc1ccccc1N1CC[NH+]([C@@H](C)C(=O)Nc2ccc3c(c2)OCCO3)CC1. The summed E-state index contributed by atoms with van der Waals surface area (Å²) in [6.07, 6.45) is 0. The standard InChI is InChI=1S/C23H29N3O4/c1-3-28-20-7-5-4-6-19(20)26-12-10-25(11-13-26)17(2)23(27)24-18-8-9-21-22(16-18)30-15-14-29-21/h4-9,16-17H,3,10-15H2,1-2H3,(H,24,27)/p+1/t17-/m0/s1. The van der Waals surface area contributed by atoms with Crippen molar-refractivity contribution in [3.63, 3.8) is 0 Å². The van der Waals surface area contributed by atoms with E-state index in [1.165, 1.54) is 4.90 Å². The lowest BCUT2D eigenvalue weighted by atomic mass is 10.1. The van der Waals surface area contributed by atoms with E-state index in [1.807, 2.05) is 50.2 Å². The van der Waals surface area contributed by atoms with Crippen LogP contribution in [0.15, 0.2) is 42.5 Å². The molecule has 0 bridgehead atoms. The lowest BCUT2D eigenvalue weighted by Gasteiger charge is -2.36. The summed E-state index contributed by atoms with van der Waals surface area (Å²) in [4.78, 5) is 16.5. The maximum Gasteiger partial charge on any atom is 0.282 e. The molecular formula is C23H30N3O4+. The van der Waals surface area contributed by atoms with E-state index in [0.717, 1.165) is 49.1 Å². The van der Waals surface area contributed by atoms with Crippen molar-refractivity contribution in [2.45, 2.75) is 19.9 Å². The molecule has 2 aliphatic heterocycles. The molecule has 1 saturated heterocycles. The van der Waals surface area contributed by atoms with Gasteiger partial charge < -0.3 is 29.3 Å². The second kappa shape index (κ2) is 9.26. The van der Waals surface area contributed by atoms with Crippen molar-refractivity contribution in [3.8, 4) is 17.2 Å². The van der Waals surface area contributed by atoms with Gasteiger partial charge in [-0.1, -0.05) is 12.1 Å². The van der Waals surface area contributed by atoms with Gasteiger partial charge >= 0.3 is 0 Å². The fourth-order valence-electron chi connectivity index (χ4n) is 4.02. The van der Waals surface area contributed by atoms with Crippen LogP contribution in [0.3, 0.4) is 0 Å². The van der Waals surface area contributed by atoms with Gasteiger partial charge in [0.25, 0.3) is 5.91 Å². The first-order chi connectivity index (χ1) is 14.7. The highest BCUT2D eigenvalue weighted by Crippen LogP contribution is 2.32. The fourth-order valence-corrected chi connectivity index (χ4v) is 4.02. The molecule has 0 aliphatic carbocycles. The summed E-state index contributed by atoms with van der Waals surface area (Å²) in [5, 5.41) is 3.03. The van der Waals surface area contributed by atoms with Crippen molar-refractivity contribution in [2.75, 3.05) is 56.2 Å². The van der Waals surface area contributed by atoms with Crippen LogP contribution in [0.5, 0.6) is 17.2 Å². The maximum atomic E-state index is 12.8. The van der Waals surface area contributed by atoms with E-state index < -0.39 is 0 Å². The van der Waals surface area contributed by atoms with Gasteiger partial charge in [-0.15, -0.1) is 0 Å². The quantitative estimate of drug-likeness (QED) is 0.755. The summed E-state index contributed by atoms with van der Waals surface area (Å²) in [6.45, 7) is 9.31. The molecule has 2 N–H and O–H groups in total. The molecule has 1 amide bonds. The number of hydrogen-bond acceptors (Lipinski definition) is 5. The number of carbonyl (C=O) groups is 1. The number of amides is 1. The Bertz CT molecular complexity index is 881. The Morgan fingerprint density at radius 2 is 1.87 bits per heavy atom. The third kappa shape index (κ3) is 4.46. The van der Waals surface area contributed by atoms with Crippen molar-refractivity contribution in [1.29, 1.82) is 0 Å². The van der Waals surface area contributed by atoms with Gasteiger partial charge in [-0.05, 0) is 38.1 Å². The first-order valence-electron chi connectivity index (χ1n) is 10.7. The Kier molecular flexibility index (Phi) is 6.28. The van der Waals surface area contributed by atoms with Gasteiger partial charge in [-0.2, -0.15) is 0 Å². The summed E-state index contributed by atoms with van der Waals surface area (Å²) < 4.78 is 16.9. The van der Waals surface area contributed by atoms with E-state index in [1.54, 1.807) is 0 Å². The zero-order valence-corrected chi connectivity index (χ0v) is 17.6. The van der Waals surface area contributed by atoms with Gasteiger partial charge in [0.15, 0.2) is 17.5 Å². The summed E-state index contributed by atoms with van der Waals surface area (Å²) in [7, 11) is 0. The molecular weight excluding hydrogens is 382 g/mol. The third-order valence-corrected chi connectivity index (χ3v) is 5.73. The van der Waals surface area contributed by atoms with Crippen molar-refractivity contribution in [2.24, 2.45) is 0 Å². The van der Waals surface area contributed by atoms with Gasteiger partial charge in [-0.25, -0.2) is 0 Å². The molecule has 0 spiro atoms. The van der Waals surface area contributed by atoms with Crippen molar-refractivity contribution in [3.05, 3.63) is 42.5 Å². The Labute approximate surface area is 177 Å². The number of nitrogens with one attached hydrogen (secondary N) is 2. The molecule has 30 heavy (non-hydrogen) atoms. The second-order valence-electron chi connectivity index (χ2n) is 7.62. The van der Waals surface area contributed by atoms with Crippen molar-refractivity contribution < 1.29 is 23.9 Å². The van der Waals surface area contributed by atoms with E-state index in [0.29, 0.717) is 25.6 Å². The highest BCUT2D eigenvalue weighted by Gasteiger charge is 2.30. The number of quaternary nitrogens is 1. The number of hydrogen-bond donors (Lipinski definition) is 2. The third-order valence-electron chi connectivity index (χ3n) is 5.73. The molecule has 1 fully saturated rings. The number of benzene rings is 2. The summed E-state index contributed by atoms with van der Waals surface area (Å²) in [5.41, 5.74) is 1.87. The van der Waals surface area contributed by atoms with Crippen LogP contribution in [0.25, 0.3) is 0 Å². The fraction of sp³-hybridized carbons (Fsp3) is 0.435. The minimum Gasteiger partial charge on any atom is -0.492 e. The molecule has 0 radical (unpaired) electrons. The average Bonchev–Trinajstić information content (AvgIpc) is 2.79. The van der Waals surface area contributed by atoms with Crippen LogP contribution in [-0.4, -0.2) is 57.9 Å². The largest absolute Gasteiger partial charge is 0.492 e. The van der Waals surface area contributed by atoms with E-state index >= 15 is 0 Å². The van der Waals surface area contributed by atoms with Crippen LogP contribution in [0.2, 0.25) is 0 Å².